The van der Waals surface area contributed by atoms with Gasteiger partial charge in [0, 0.05) is 7.05 Å². The Morgan fingerprint density at radius 3 is 2.42 bits per heavy atom. The highest BCUT2D eigenvalue weighted by atomic mass is 79.9. The number of nitrogens with zero attached hydrogens (tertiary/aromatic N) is 2. The highest BCUT2D eigenvalue weighted by Crippen LogP contribution is 2.22. The van der Waals surface area contributed by atoms with Gasteiger partial charge in [-0.25, -0.2) is 0 Å². The van der Waals surface area contributed by atoms with Crippen molar-refractivity contribution in [2.24, 2.45) is 13.0 Å². The molecule has 0 aliphatic carbocycles. The molecule has 2 nitrogen and oxygen atoms in total. The van der Waals surface area contributed by atoms with E-state index in [4.69, 9.17) is 0 Å². The minimum absolute atomic E-state index is 0.677. The van der Waals surface area contributed by atoms with Crippen LogP contribution in [-0.4, -0.2) is 9.78 Å². The molecule has 0 aromatic carbocycles. The van der Waals surface area contributed by atoms with E-state index in [1.807, 2.05) is 18.7 Å². The zero-order valence-corrected chi connectivity index (χ0v) is 9.64. The van der Waals surface area contributed by atoms with Crippen LogP contribution in [0.25, 0.3) is 0 Å². The molecule has 0 fully saturated rings. The molecule has 1 aromatic rings. The van der Waals surface area contributed by atoms with E-state index in [1.165, 1.54) is 10.2 Å². The summed E-state index contributed by atoms with van der Waals surface area (Å²) in [6.07, 6.45) is 1.08. The van der Waals surface area contributed by atoms with Crippen molar-refractivity contribution in [3.8, 4) is 0 Å². The van der Waals surface area contributed by atoms with E-state index in [2.05, 4.69) is 34.9 Å². The van der Waals surface area contributed by atoms with Crippen LogP contribution >= 0.6 is 15.9 Å². The third kappa shape index (κ3) is 1.89. The summed E-state index contributed by atoms with van der Waals surface area (Å²) in [6, 6.07) is 0. The van der Waals surface area contributed by atoms with Gasteiger partial charge in [0.2, 0.25) is 0 Å². The van der Waals surface area contributed by atoms with Crippen molar-refractivity contribution < 1.29 is 0 Å². The Bertz CT molecular complexity index is 276. The Morgan fingerprint density at radius 2 is 2.08 bits per heavy atom. The van der Waals surface area contributed by atoms with Crippen LogP contribution in [0.4, 0.5) is 0 Å². The number of rotatable bonds is 2. The average molecular weight is 231 g/mol. The van der Waals surface area contributed by atoms with Crippen LogP contribution in [0.1, 0.15) is 25.2 Å². The van der Waals surface area contributed by atoms with Crippen LogP contribution in [0.3, 0.4) is 0 Å². The largest absolute Gasteiger partial charge is 0.271 e. The normalized spacial score (nSPS) is 11.2. The number of aryl methyl sites for hydroxylation is 2. The molecule has 0 spiro atoms. The minimum atomic E-state index is 0.677. The quantitative estimate of drug-likeness (QED) is 0.765. The monoisotopic (exact) mass is 230 g/mol. The van der Waals surface area contributed by atoms with Gasteiger partial charge in [-0.05, 0) is 35.2 Å². The molecule has 1 rings (SSSR count). The summed E-state index contributed by atoms with van der Waals surface area (Å²) in [6.45, 7) is 6.46. The number of hydrogen-bond donors (Lipinski definition) is 0. The van der Waals surface area contributed by atoms with E-state index in [9.17, 15) is 0 Å². The topological polar surface area (TPSA) is 17.8 Å². The highest BCUT2D eigenvalue weighted by Gasteiger charge is 2.11. The summed E-state index contributed by atoms with van der Waals surface area (Å²) >= 11 is 3.55. The molecular formula is C9H15BrN2. The lowest BCUT2D eigenvalue weighted by Crippen LogP contribution is -2.02. The fourth-order valence-corrected chi connectivity index (χ4v) is 1.79. The van der Waals surface area contributed by atoms with Crippen molar-refractivity contribution in [1.82, 2.24) is 9.78 Å². The first kappa shape index (κ1) is 9.78. The lowest BCUT2D eigenvalue weighted by molar-refractivity contribution is 0.593. The number of halogens is 1. The van der Waals surface area contributed by atoms with Gasteiger partial charge >= 0.3 is 0 Å². The van der Waals surface area contributed by atoms with Crippen LogP contribution in [0.2, 0.25) is 0 Å². The van der Waals surface area contributed by atoms with Crippen molar-refractivity contribution in [3.63, 3.8) is 0 Å². The second-order valence-corrected chi connectivity index (χ2v) is 4.36. The molecular weight excluding hydrogens is 216 g/mol. The van der Waals surface area contributed by atoms with E-state index in [1.54, 1.807) is 0 Å². The molecule has 0 saturated heterocycles. The Kier molecular flexibility index (Phi) is 2.94. The fraction of sp³-hybridized carbons (Fsp3) is 0.667. The molecule has 0 aliphatic rings. The van der Waals surface area contributed by atoms with Crippen molar-refractivity contribution in [2.45, 2.75) is 27.2 Å². The first-order chi connectivity index (χ1) is 5.52. The molecule has 0 amide bonds. The molecule has 0 bridgehead atoms. The summed E-state index contributed by atoms with van der Waals surface area (Å²) in [7, 11) is 2.00. The molecule has 0 atom stereocenters. The van der Waals surface area contributed by atoms with Gasteiger partial charge in [0.05, 0.1) is 15.9 Å². The summed E-state index contributed by atoms with van der Waals surface area (Å²) < 4.78 is 3.12. The van der Waals surface area contributed by atoms with Crippen molar-refractivity contribution in [3.05, 3.63) is 15.9 Å². The molecule has 1 heterocycles. The molecule has 68 valence electrons. The maximum atomic E-state index is 4.33. The molecule has 0 aliphatic heterocycles. The van der Waals surface area contributed by atoms with Crippen molar-refractivity contribution in [1.29, 1.82) is 0 Å². The molecule has 0 radical (unpaired) electrons. The Morgan fingerprint density at radius 1 is 1.50 bits per heavy atom. The zero-order valence-electron chi connectivity index (χ0n) is 8.06. The van der Waals surface area contributed by atoms with Gasteiger partial charge in [-0.2, -0.15) is 5.10 Å². The second-order valence-electron chi connectivity index (χ2n) is 3.57. The summed E-state index contributed by atoms with van der Waals surface area (Å²) in [5, 5.41) is 4.33. The van der Waals surface area contributed by atoms with Gasteiger partial charge in [-0.3, -0.25) is 4.68 Å². The second kappa shape index (κ2) is 3.60. The van der Waals surface area contributed by atoms with Gasteiger partial charge in [0.1, 0.15) is 0 Å². The van der Waals surface area contributed by atoms with Gasteiger partial charge < -0.3 is 0 Å². The number of hydrogen-bond acceptors (Lipinski definition) is 1. The SMILES string of the molecule is Cc1nn(C)c(CC(C)C)c1Br. The first-order valence-corrected chi connectivity index (χ1v) is 4.99. The molecule has 3 heteroatoms. The molecule has 0 N–H and O–H groups in total. The maximum absolute atomic E-state index is 4.33. The zero-order chi connectivity index (χ0) is 9.30. The molecule has 12 heavy (non-hydrogen) atoms. The third-order valence-corrected chi connectivity index (χ3v) is 2.89. The van der Waals surface area contributed by atoms with Crippen LogP contribution < -0.4 is 0 Å². The Labute approximate surface area is 82.1 Å². The summed E-state index contributed by atoms with van der Waals surface area (Å²) in [5.74, 6) is 0.677. The highest BCUT2D eigenvalue weighted by molar-refractivity contribution is 9.10. The van der Waals surface area contributed by atoms with Crippen LogP contribution in [0, 0.1) is 12.8 Å². The van der Waals surface area contributed by atoms with Crippen molar-refractivity contribution in [2.75, 3.05) is 0 Å². The van der Waals surface area contributed by atoms with Gasteiger partial charge in [0.25, 0.3) is 0 Å². The van der Waals surface area contributed by atoms with Crippen LogP contribution in [-0.2, 0) is 13.5 Å². The molecule has 1 aromatic heterocycles. The smallest absolute Gasteiger partial charge is 0.0738 e. The van der Waals surface area contributed by atoms with E-state index in [-0.39, 0.29) is 0 Å². The van der Waals surface area contributed by atoms with Gasteiger partial charge in [0.15, 0.2) is 0 Å². The minimum Gasteiger partial charge on any atom is -0.271 e. The van der Waals surface area contributed by atoms with Crippen LogP contribution in [0.15, 0.2) is 4.47 Å². The fourth-order valence-electron chi connectivity index (χ4n) is 1.29. The molecule has 0 unspecified atom stereocenters. The number of aromatic nitrogens is 2. The van der Waals surface area contributed by atoms with E-state index >= 15 is 0 Å². The lowest BCUT2D eigenvalue weighted by Gasteiger charge is -2.05. The van der Waals surface area contributed by atoms with Gasteiger partial charge in [-0.1, -0.05) is 13.8 Å². The first-order valence-electron chi connectivity index (χ1n) is 4.20. The predicted octanol–water partition coefficient (Wildman–Crippen LogP) is 2.69. The summed E-state index contributed by atoms with van der Waals surface area (Å²) in [4.78, 5) is 0. The van der Waals surface area contributed by atoms with E-state index in [0.717, 1.165) is 12.1 Å². The van der Waals surface area contributed by atoms with E-state index in [0.29, 0.717) is 5.92 Å². The van der Waals surface area contributed by atoms with Crippen molar-refractivity contribution >= 4 is 15.9 Å². The predicted molar refractivity (Wildman–Crippen MR) is 54.2 cm³/mol. The average Bonchev–Trinajstić information content (AvgIpc) is 2.16. The lowest BCUT2D eigenvalue weighted by atomic mass is 10.1. The summed E-state index contributed by atoms with van der Waals surface area (Å²) in [5.41, 5.74) is 2.37. The standard InChI is InChI=1S/C9H15BrN2/c1-6(2)5-8-9(10)7(3)11-12(8)4/h6H,5H2,1-4H3. The molecule has 0 saturated carbocycles. The Balaban J connectivity index is 2.97. The van der Waals surface area contributed by atoms with E-state index < -0.39 is 0 Å². The maximum Gasteiger partial charge on any atom is 0.0738 e. The Hall–Kier alpha value is -0.310. The van der Waals surface area contributed by atoms with Gasteiger partial charge in [-0.15, -0.1) is 0 Å². The third-order valence-electron chi connectivity index (χ3n) is 1.86. The van der Waals surface area contributed by atoms with Crippen LogP contribution in [0.5, 0.6) is 0 Å².